The number of hydrogen-bond acceptors (Lipinski definition) is 3. The molecule has 1 unspecified atom stereocenters. The van der Waals surface area contributed by atoms with Gasteiger partial charge in [0.2, 0.25) is 0 Å². The van der Waals surface area contributed by atoms with Crippen molar-refractivity contribution in [3.63, 3.8) is 0 Å². The fourth-order valence-corrected chi connectivity index (χ4v) is 2.72. The zero-order chi connectivity index (χ0) is 17.7. The minimum Gasteiger partial charge on any atom is -0.497 e. The molecule has 126 valence electrons. The van der Waals surface area contributed by atoms with E-state index in [9.17, 15) is 9.59 Å². The molecule has 2 aromatic carbocycles. The Morgan fingerprint density at radius 2 is 1.83 bits per heavy atom. The molecule has 0 bridgehead atoms. The number of carbonyl (C=O) groups excluding carboxylic acids is 1. The van der Waals surface area contributed by atoms with Crippen LogP contribution in [0.25, 0.3) is 0 Å². The summed E-state index contributed by atoms with van der Waals surface area (Å²) in [6, 6.07) is 10.4. The molecule has 5 nitrogen and oxygen atoms in total. The third kappa shape index (κ3) is 4.63. The zero-order valence-corrected chi connectivity index (χ0v) is 14.3. The van der Waals surface area contributed by atoms with E-state index >= 15 is 0 Å². The number of carboxylic acid groups (broad SMARTS) is 1. The van der Waals surface area contributed by atoms with Crippen LogP contribution in [-0.4, -0.2) is 24.1 Å². The fraction of sp³-hybridized carbons (Fsp3) is 0.176. The number of carboxylic acids is 1. The third-order valence-electron chi connectivity index (χ3n) is 3.37. The van der Waals surface area contributed by atoms with Gasteiger partial charge in [0.1, 0.15) is 5.75 Å². The van der Waals surface area contributed by atoms with Gasteiger partial charge >= 0.3 is 5.97 Å². The number of methoxy groups -OCH3 is 1. The molecule has 0 saturated heterocycles. The summed E-state index contributed by atoms with van der Waals surface area (Å²) in [7, 11) is 1.53. The SMILES string of the molecule is COc1ccc(C(=O)NC(CC(=O)O)c2ccc(Cl)cc2Cl)cc1. The van der Waals surface area contributed by atoms with Crippen LogP contribution in [0.1, 0.15) is 28.4 Å². The van der Waals surface area contributed by atoms with Crippen molar-refractivity contribution in [3.05, 3.63) is 63.6 Å². The Morgan fingerprint density at radius 1 is 1.17 bits per heavy atom. The Bertz CT molecular complexity index is 747. The van der Waals surface area contributed by atoms with Gasteiger partial charge in [-0.25, -0.2) is 0 Å². The monoisotopic (exact) mass is 367 g/mol. The highest BCUT2D eigenvalue weighted by Crippen LogP contribution is 2.28. The largest absolute Gasteiger partial charge is 0.497 e. The molecule has 24 heavy (non-hydrogen) atoms. The second-order valence-corrected chi connectivity index (χ2v) is 5.86. The molecule has 2 N–H and O–H groups in total. The van der Waals surface area contributed by atoms with Crippen LogP contribution in [0.4, 0.5) is 0 Å². The van der Waals surface area contributed by atoms with E-state index < -0.39 is 17.9 Å². The first-order chi connectivity index (χ1) is 11.4. The molecule has 0 aliphatic rings. The smallest absolute Gasteiger partial charge is 0.305 e. The second-order valence-electron chi connectivity index (χ2n) is 5.02. The number of ether oxygens (including phenoxy) is 1. The summed E-state index contributed by atoms with van der Waals surface area (Å²) in [6.45, 7) is 0. The van der Waals surface area contributed by atoms with E-state index in [1.807, 2.05) is 0 Å². The Morgan fingerprint density at radius 3 is 2.38 bits per heavy atom. The summed E-state index contributed by atoms with van der Waals surface area (Å²) in [4.78, 5) is 23.5. The van der Waals surface area contributed by atoms with E-state index in [4.69, 9.17) is 33.0 Å². The number of hydrogen-bond donors (Lipinski definition) is 2. The van der Waals surface area contributed by atoms with Crippen molar-refractivity contribution in [2.75, 3.05) is 7.11 Å². The van der Waals surface area contributed by atoms with Crippen molar-refractivity contribution in [1.29, 1.82) is 0 Å². The van der Waals surface area contributed by atoms with Crippen LogP contribution in [0.5, 0.6) is 5.75 Å². The molecule has 1 atom stereocenters. The molecule has 0 saturated carbocycles. The number of halogens is 2. The van der Waals surface area contributed by atoms with Gasteiger partial charge in [0.25, 0.3) is 5.91 Å². The van der Waals surface area contributed by atoms with Crippen LogP contribution in [0.15, 0.2) is 42.5 Å². The lowest BCUT2D eigenvalue weighted by molar-refractivity contribution is -0.137. The standard InChI is InChI=1S/C17H15Cl2NO4/c1-24-12-5-2-10(3-6-12)17(23)20-15(9-16(21)22)13-7-4-11(18)8-14(13)19/h2-8,15H,9H2,1H3,(H,20,23)(H,21,22). The lowest BCUT2D eigenvalue weighted by atomic mass is 10.0. The van der Waals surface area contributed by atoms with Crippen LogP contribution in [0, 0.1) is 0 Å². The average molecular weight is 368 g/mol. The predicted octanol–water partition coefficient (Wildman–Crippen LogP) is 3.95. The van der Waals surface area contributed by atoms with Crippen LogP contribution in [-0.2, 0) is 4.79 Å². The van der Waals surface area contributed by atoms with E-state index in [1.54, 1.807) is 36.4 Å². The van der Waals surface area contributed by atoms with Crippen LogP contribution >= 0.6 is 23.2 Å². The van der Waals surface area contributed by atoms with Crippen LogP contribution in [0.2, 0.25) is 10.0 Å². The molecule has 0 aliphatic carbocycles. The Hall–Kier alpha value is -2.24. The van der Waals surface area contributed by atoms with Gasteiger partial charge < -0.3 is 15.2 Å². The Kier molecular flexibility index (Phi) is 6.06. The quantitative estimate of drug-likeness (QED) is 0.810. The van der Waals surface area contributed by atoms with Crippen molar-refractivity contribution < 1.29 is 19.4 Å². The van der Waals surface area contributed by atoms with Crippen molar-refractivity contribution >= 4 is 35.1 Å². The maximum absolute atomic E-state index is 12.4. The first kappa shape index (κ1) is 18.1. The lowest BCUT2D eigenvalue weighted by Gasteiger charge is -2.19. The molecule has 7 heteroatoms. The molecule has 1 amide bonds. The van der Waals surface area contributed by atoms with Gasteiger partial charge in [0.05, 0.1) is 19.6 Å². The number of benzene rings is 2. The summed E-state index contributed by atoms with van der Waals surface area (Å²) >= 11 is 12.0. The van der Waals surface area contributed by atoms with E-state index in [2.05, 4.69) is 5.32 Å². The number of carbonyl (C=O) groups is 2. The number of amides is 1. The number of aliphatic carboxylic acids is 1. The third-order valence-corrected chi connectivity index (χ3v) is 3.94. The Labute approximate surface area is 149 Å². The fourth-order valence-electron chi connectivity index (χ4n) is 2.18. The highest BCUT2D eigenvalue weighted by Gasteiger charge is 2.21. The van der Waals surface area contributed by atoms with E-state index in [0.717, 1.165) is 0 Å². The predicted molar refractivity (Wildman–Crippen MR) is 91.9 cm³/mol. The first-order valence-electron chi connectivity index (χ1n) is 7.02. The second kappa shape index (κ2) is 8.04. The average Bonchev–Trinajstić information content (AvgIpc) is 2.54. The minimum atomic E-state index is -1.05. The van der Waals surface area contributed by atoms with Crippen molar-refractivity contribution in [1.82, 2.24) is 5.32 Å². The molecule has 2 aromatic rings. The van der Waals surface area contributed by atoms with Crippen molar-refractivity contribution in [3.8, 4) is 5.75 Å². The topological polar surface area (TPSA) is 75.6 Å². The van der Waals surface area contributed by atoms with Gasteiger partial charge in [-0.15, -0.1) is 0 Å². The maximum atomic E-state index is 12.4. The highest BCUT2D eigenvalue weighted by molar-refractivity contribution is 6.35. The van der Waals surface area contributed by atoms with Gasteiger partial charge in [-0.05, 0) is 42.0 Å². The van der Waals surface area contributed by atoms with E-state index in [0.29, 0.717) is 26.9 Å². The molecule has 0 heterocycles. The van der Waals surface area contributed by atoms with Crippen molar-refractivity contribution in [2.24, 2.45) is 0 Å². The molecule has 0 aromatic heterocycles. The van der Waals surface area contributed by atoms with Crippen molar-refractivity contribution in [2.45, 2.75) is 12.5 Å². The van der Waals surface area contributed by atoms with Gasteiger partial charge in [0, 0.05) is 15.6 Å². The molecular formula is C17H15Cl2NO4. The van der Waals surface area contributed by atoms with Crippen LogP contribution < -0.4 is 10.1 Å². The maximum Gasteiger partial charge on any atom is 0.305 e. The zero-order valence-electron chi connectivity index (χ0n) is 12.8. The molecule has 2 rings (SSSR count). The highest BCUT2D eigenvalue weighted by atomic mass is 35.5. The summed E-state index contributed by atoms with van der Waals surface area (Å²) in [5, 5.41) is 12.5. The Balaban J connectivity index is 2.24. The normalized spacial score (nSPS) is 11.6. The number of nitrogens with one attached hydrogen (secondary N) is 1. The van der Waals surface area contributed by atoms with Gasteiger partial charge in [0.15, 0.2) is 0 Å². The minimum absolute atomic E-state index is 0.295. The van der Waals surface area contributed by atoms with E-state index in [-0.39, 0.29) is 6.42 Å². The summed E-state index contributed by atoms with van der Waals surface area (Å²) in [6.07, 6.45) is -0.302. The van der Waals surface area contributed by atoms with Gasteiger partial charge in [-0.3, -0.25) is 9.59 Å². The molecular weight excluding hydrogens is 353 g/mol. The van der Waals surface area contributed by atoms with E-state index in [1.165, 1.54) is 13.2 Å². The molecule has 0 spiro atoms. The number of rotatable bonds is 6. The summed E-state index contributed by atoms with van der Waals surface area (Å²) < 4.78 is 5.04. The van der Waals surface area contributed by atoms with Gasteiger partial charge in [-0.2, -0.15) is 0 Å². The van der Waals surface area contributed by atoms with Crippen LogP contribution in [0.3, 0.4) is 0 Å². The molecule has 0 aliphatic heterocycles. The molecule has 0 fully saturated rings. The lowest BCUT2D eigenvalue weighted by Crippen LogP contribution is -2.30. The summed E-state index contributed by atoms with van der Waals surface area (Å²) in [5.74, 6) is -0.842. The first-order valence-corrected chi connectivity index (χ1v) is 7.78. The molecule has 0 radical (unpaired) electrons. The summed E-state index contributed by atoms with van der Waals surface area (Å²) in [5.41, 5.74) is 0.876. The van der Waals surface area contributed by atoms with Gasteiger partial charge in [-0.1, -0.05) is 29.3 Å².